The van der Waals surface area contributed by atoms with Crippen LogP contribution in [-0.4, -0.2) is 42.3 Å². The SMILES string of the molecule is COCCOCCOc1c(C)cc([Si]2c3ccccc3-c3ccccc32)cc1C. The molecule has 0 fully saturated rings. The van der Waals surface area contributed by atoms with Crippen LogP contribution in [0.15, 0.2) is 60.7 Å². The fourth-order valence-corrected chi connectivity index (χ4v) is 7.23. The summed E-state index contributed by atoms with van der Waals surface area (Å²) in [6.07, 6.45) is 0. The monoisotopic (exact) mass is 403 g/mol. The normalized spacial score (nSPS) is 12.7. The molecule has 0 saturated carbocycles. The zero-order chi connectivity index (χ0) is 20.2. The predicted octanol–water partition coefficient (Wildman–Crippen LogP) is 2.84. The predicted molar refractivity (Wildman–Crippen MR) is 121 cm³/mol. The highest BCUT2D eigenvalue weighted by atomic mass is 28.3. The van der Waals surface area contributed by atoms with E-state index in [4.69, 9.17) is 14.2 Å². The number of aryl methyl sites for hydroxylation is 2. The minimum Gasteiger partial charge on any atom is -0.491 e. The van der Waals surface area contributed by atoms with Gasteiger partial charge in [-0.1, -0.05) is 60.7 Å². The van der Waals surface area contributed by atoms with E-state index < -0.39 is 8.80 Å². The lowest BCUT2D eigenvalue weighted by Crippen LogP contribution is -2.49. The lowest BCUT2D eigenvalue weighted by atomic mass is 10.1. The quantitative estimate of drug-likeness (QED) is 0.334. The highest BCUT2D eigenvalue weighted by Crippen LogP contribution is 2.25. The van der Waals surface area contributed by atoms with Crippen molar-refractivity contribution in [2.24, 2.45) is 0 Å². The second kappa shape index (κ2) is 8.95. The van der Waals surface area contributed by atoms with Crippen molar-refractivity contribution in [1.29, 1.82) is 0 Å². The van der Waals surface area contributed by atoms with Gasteiger partial charge in [-0.25, -0.2) is 0 Å². The summed E-state index contributed by atoms with van der Waals surface area (Å²) in [5.41, 5.74) is 5.16. The molecule has 1 aliphatic rings. The summed E-state index contributed by atoms with van der Waals surface area (Å²) in [6.45, 7) is 6.62. The first-order valence-corrected chi connectivity index (χ1v) is 11.6. The van der Waals surface area contributed by atoms with Crippen molar-refractivity contribution in [2.75, 3.05) is 33.5 Å². The Morgan fingerprint density at radius 1 is 0.724 bits per heavy atom. The summed E-state index contributed by atoms with van der Waals surface area (Å²) < 4.78 is 16.6. The van der Waals surface area contributed by atoms with Gasteiger partial charge in [0.25, 0.3) is 0 Å². The van der Waals surface area contributed by atoms with Crippen LogP contribution in [0.3, 0.4) is 0 Å². The van der Waals surface area contributed by atoms with Crippen molar-refractivity contribution in [3.05, 3.63) is 71.8 Å². The first-order chi connectivity index (χ1) is 14.2. The molecule has 149 valence electrons. The van der Waals surface area contributed by atoms with Crippen molar-refractivity contribution in [1.82, 2.24) is 0 Å². The molecule has 4 heteroatoms. The number of methoxy groups -OCH3 is 1. The number of rotatable bonds is 8. The largest absolute Gasteiger partial charge is 0.491 e. The van der Waals surface area contributed by atoms with E-state index in [1.165, 1.54) is 37.8 Å². The van der Waals surface area contributed by atoms with E-state index in [0.717, 1.165) is 5.75 Å². The minimum absolute atomic E-state index is 0.550. The average Bonchev–Trinajstić information content (AvgIpc) is 3.06. The van der Waals surface area contributed by atoms with Gasteiger partial charge in [0.05, 0.1) is 19.8 Å². The molecule has 0 amide bonds. The lowest BCUT2D eigenvalue weighted by Gasteiger charge is -2.18. The van der Waals surface area contributed by atoms with Crippen LogP contribution in [0.2, 0.25) is 0 Å². The Bertz CT molecular complexity index is 930. The van der Waals surface area contributed by atoms with Crippen LogP contribution >= 0.6 is 0 Å². The van der Waals surface area contributed by atoms with Gasteiger partial charge in [0.2, 0.25) is 0 Å². The molecule has 0 spiro atoms. The summed E-state index contributed by atoms with van der Waals surface area (Å²) in [5, 5.41) is 4.39. The van der Waals surface area contributed by atoms with E-state index in [0.29, 0.717) is 26.4 Å². The number of benzene rings is 3. The molecule has 3 aromatic carbocycles. The van der Waals surface area contributed by atoms with Crippen LogP contribution in [0.1, 0.15) is 11.1 Å². The van der Waals surface area contributed by atoms with E-state index >= 15 is 0 Å². The first-order valence-electron chi connectivity index (χ1n) is 10.1. The molecule has 1 heterocycles. The van der Waals surface area contributed by atoms with Crippen LogP contribution in [0.25, 0.3) is 11.1 Å². The molecule has 4 rings (SSSR count). The Labute approximate surface area is 174 Å². The van der Waals surface area contributed by atoms with Crippen molar-refractivity contribution < 1.29 is 14.2 Å². The summed E-state index contributed by atoms with van der Waals surface area (Å²) in [5.74, 6) is 0.978. The smallest absolute Gasteiger partial charge is 0.156 e. The molecule has 0 N–H and O–H groups in total. The molecule has 0 atom stereocenters. The van der Waals surface area contributed by atoms with Crippen LogP contribution in [-0.2, 0) is 9.47 Å². The van der Waals surface area contributed by atoms with Crippen molar-refractivity contribution >= 4 is 24.4 Å². The Morgan fingerprint density at radius 3 is 1.86 bits per heavy atom. The molecule has 0 unspecified atom stereocenters. The first kappa shape index (κ1) is 19.9. The van der Waals surface area contributed by atoms with Gasteiger partial charge in [-0.15, -0.1) is 0 Å². The zero-order valence-corrected chi connectivity index (χ0v) is 18.3. The van der Waals surface area contributed by atoms with Gasteiger partial charge in [0.1, 0.15) is 12.4 Å². The lowest BCUT2D eigenvalue weighted by molar-refractivity contribution is 0.0542. The van der Waals surface area contributed by atoms with Gasteiger partial charge in [-0.2, -0.15) is 0 Å². The summed E-state index contributed by atoms with van der Waals surface area (Å²) in [6, 6.07) is 22.4. The summed E-state index contributed by atoms with van der Waals surface area (Å²) in [7, 11) is 0.685. The van der Waals surface area contributed by atoms with Crippen molar-refractivity contribution in [2.45, 2.75) is 13.8 Å². The van der Waals surface area contributed by atoms with Crippen LogP contribution < -0.4 is 20.3 Å². The maximum Gasteiger partial charge on any atom is 0.156 e. The van der Waals surface area contributed by atoms with Gasteiger partial charge >= 0.3 is 0 Å². The highest BCUT2D eigenvalue weighted by molar-refractivity contribution is 6.99. The Kier molecular flexibility index (Phi) is 6.14. The molecule has 29 heavy (non-hydrogen) atoms. The molecule has 0 saturated heterocycles. The van der Waals surface area contributed by atoms with Gasteiger partial charge in [0.15, 0.2) is 8.80 Å². The van der Waals surface area contributed by atoms with Gasteiger partial charge in [-0.3, -0.25) is 0 Å². The number of fused-ring (bicyclic) bond motifs is 3. The number of hydrogen-bond acceptors (Lipinski definition) is 3. The van der Waals surface area contributed by atoms with E-state index in [9.17, 15) is 0 Å². The van der Waals surface area contributed by atoms with E-state index in [-0.39, 0.29) is 0 Å². The van der Waals surface area contributed by atoms with Gasteiger partial charge in [0, 0.05) is 7.11 Å². The van der Waals surface area contributed by atoms with E-state index in [1.807, 2.05) is 0 Å². The molecule has 1 radical (unpaired) electrons. The van der Waals surface area contributed by atoms with E-state index in [2.05, 4.69) is 74.5 Å². The van der Waals surface area contributed by atoms with Crippen molar-refractivity contribution in [3.63, 3.8) is 0 Å². The second-order valence-corrected chi connectivity index (χ2v) is 9.76. The Balaban J connectivity index is 1.59. The molecule has 3 aromatic rings. The second-order valence-electron chi connectivity index (χ2n) is 7.36. The van der Waals surface area contributed by atoms with Crippen LogP contribution in [0, 0.1) is 13.8 Å². The Hall–Kier alpha value is -2.40. The number of ether oxygens (including phenoxy) is 3. The third kappa shape index (κ3) is 4.01. The summed E-state index contributed by atoms with van der Waals surface area (Å²) >= 11 is 0. The van der Waals surface area contributed by atoms with Crippen molar-refractivity contribution in [3.8, 4) is 16.9 Å². The highest BCUT2D eigenvalue weighted by Gasteiger charge is 2.31. The molecule has 0 bridgehead atoms. The third-order valence-electron chi connectivity index (χ3n) is 5.34. The molecule has 3 nitrogen and oxygen atoms in total. The fourth-order valence-electron chi connectivity index (χ4n) is 4.10. The maximum atomic E-state index is 6.05. The molecule has 0 aromatic heterocycles. The molecule has 0 aliphatic carbocycles. The fraction of sp³-hybridized carbons (Fsp3) is 0.280. The summed E-state index contributed by atoms with van der Waals surface area (Å²) in [4.78, 5) is 0. The van der Waals surface area contributed by atoms with Gasteiger partial charge in [-0.05, 0) is 51.7 Å². The third-order valence-corrected chi connectivity index (χ3v) is 8.15. The van der Waals surface area contributed by atoms with Gasteiger partial charge < -0.3 is 14.2 Å². The van der Waals surface area contributed by atoms with Crippen LogP contribution in [0.4, 0.5) is 0 Å². The topological polar surface area (TPSA) is 27.7 Å². The van der Waals surface area contributed by atoms with Crippen LogP contribution in [0.5, 0.6) is 5.75 Å². The van der Waals surface area contributed by atoms with E-state index in [1.54, 1.807) is 7.11 Å². The standard InChI is InChI=1S/C25H27O3Si/c1-18-16-20(17-19(2)25(18)28-15-14-27-13-12-26-3)29-23-10-6-4-8-21(23)22-9-5-7-11-24(22)29/h4-11,16-17H,12-15H2,1-3H3. The Morgan fingerprint density at radius 2 is 1.28 bits per heavy atom. The molecule has 1 aliphatic heterocycles. The average molecular weight is 404 g/mol. The molecular formula is C25H27O3Si. The number of hydrogen-bond donors (Lipinski definition) is 0. The maximum absolute atomic E-state index is 6.05. The minimum atomic E-state index is -0.993. The zero-order valence-electron chi connectivity index (χ0n) is 17.3. The molecular weight excluding hydrogens is 376 g/mol.